The molecule has 0 saturated carbocycles. The van der Waals surface area contributed by atoms with E-state index in [0.29, 0.717) is 102 Å². The summed E-state index contributed by atoms with van der Waals surface area (Å²) in [5.41, 5.74) is 19.3. The molecule has 0 aromatic heterocycles. The Morgan fingerprint density at radius 1 is 0.298 bits per heavy atom. The number of unbranched alkanes of at least 4 members (excludes halogenated alkanes) is 8. The van der Waals surface area contributed by atoms with Gasteiger partial charge in [-0.25, -0.2) is 0 Å². The van der Waals surface area contributed by atoms with Crippen molar-refractivity contribution in [2.24, 2.45) is 0 Å². The summed E-state index contributed by atoms with van der Waals surface area (Å²) in [6.07, 6.45) is 14.1. The lowest BCUT2D eigenvalue weighted by Crippen LogP contribution is -2.36. The van der Waals surface area contributed by atoms with Gasteiger partial charge in [0.15, 0.2) is 0 Å². The van der Waals surface area contributed by atoms with Crippen molar-refractivity contribution < 1.29 is 39.4 Å². The predicted molar refractivity (Wildman–Crippen MR) is 419 cm³/mol. The number of rotatable bonds is 24. The van der Waals surface area contributed by atoms with Gasteiger partial charge < -0.3 is 39.4 Å². The van der Waals surface area contributed by atoms with Gasteiger partial charge in [-0.15, -0.1) is 0 Å². The normalized spacial score (nSPS) is 19.4. The molecule has 0 saturated heterocycles. The molecule has 4 unspecified atom stereocenters. The molecule has 8 aromatic rings. The maximum absolute atomic E-state index is 14.0. The van der Waals surface area contributed by atoms with Crippen LogP contribution >= 0.6 is 0 Å². The van der Waals surface area contributed by atoms with E-state index in [1.807, 2.05) is 0 Å². The van der Waals surface area contributed by atoms with Crippen molar-refractivity contribution >= 4 is 0 Å². The van der Waals surface area contributed by atoms with Crippen LogP contribution in [0, 0.1) is 27.7 Å². The second kappa shape index (κ2) is 32.8. The van der Waals surface area contributed by atoms with Crippen LogP contribution in [0.5, 0.6) is 46.0 Å². The highest BCUT2D eigenvalue weighted by Gasteiger charge is 2.43. The van der Waals surface area contributed by atoms with E-state index in [1.54, 1.807) is 0 Å². The van der Waals surface area contributed by atoms with Crippen molar-refractivity contribution in [3.05, 3.63) is 233 Å². The number of hydrogen-bond donors (Lipinski definition) is 4. The Morgan fingerprint density at radius 2 is 0.490 bits per heavy atom. The van der Waals surface area contributed by atoms with Gasteiger partial charge >= 0.3 is 0 Å². The average Bonchev–Trinajstić information content (AvgIpc) is 0.723. The van der Waals surface area contributed by atoms with Crippen molar-refractivity contribution in [1.29, 1.82) is 0 Å². The molecule has 104 heavy (non-hydrogen) atoms. The predicted octanol–water partition coefficient (Wildman–Crippen LogP) is 22.6. The number of fused-ring (bicyclic) bond motifs is 16. The fourth-order valence-corrected chi connectivity index (χ4v) is 17.5. The summed E-state index contributed by atoms with van der Waals surface area (Å²) in [7, 11) is 0. The second-order valence-electron chi connectivity index (χ2n) is 31.5. The Hall–Kier alpha value is -8.00. The van der Waals surface area contributed by atoms with Gasteiger partial charge in [-0.2, -0.15) is 0 Å². The standard InChI is InChI=1S/C92H116N4O8/c1-13-17-21-25-69-73-45-78(90-81(85(73)97)49-93(54-102-90)61(9)65-37-29-57(5)30-38-65)71(27-23-19-15-3)75-47-80(92-83(87(75)99)51-95(56-104-92)63(11)67-41-33-59(7)34-42-67)72(28-24-20-16-4)76-48-79(91-84(88(76)100)52-96(55-103-91)64(12)68-43-35-60(8)36-44-68)70(26-22-18-14-2)74-46-77(69)89-82(86(74)98)50-94(53-101-89)62(10)66-39-31-58(6)32-40-66/h29-48,61-64,69-72,97-100H,13-28,49-56H2,1-12H3/t61-,62-,63-,64-,69?,70?,71?,72?/m0/s1. The molecule has 4 N–H and O–H groups in total. The van der Waals surface area contributed by atoms with Crippen LogP contribution in [-0.2, 0) is 26.2 Å². The number of aryl methyl sites for hydroxylation is 4. The number of phenols is 4. The Kier molecular flexibility index (Phi) is 23.4. The third-order valence-electron chi connectivity index (χ3n) is 24.4. The van der Waals surface area contributed by atoms with Crippen molar-refractivity contribution in [3.8, 4) is 46.0 Å². The topological polar surface area (TPSA) is 131 Å². The highest BCUT2D eigenvalue weighted by atomic mass is 16.5. The summed E-state index contributed by atoms with van der Waals surface area (Å²) in [4.78, 5) is 9.34. The summed E-state index contributed by atoms with van der Waals surface area (Å²) < 4.78 is 29.5. The maximum Gasteiger partial charge on any atom is 0.142 e. The summed E-state index contributed by atoms with van der Waals surface area (Å²) in [5, 5.41) is 56.1. The Bertz CT molecular complexity index is 3740. The SMILES string of the molecule is CCCCCC1c2cc(c3c(c2O)CN([C@@H](C)c2ccc(C)cc2)CO3)C(CCCCC)c2cc(c3c(c2O)CN([C@@H](C)c2ccc(C)cc2)CO3)C(CCCCC)c2cc(c3c(c2O)CN([C@@H](C)c2ccc(C)cc2)CO3)C(CCCCC)c2cc1c1c(c2O)CN([C@@H](C)c2ccc(C)cc2)CO1. The number of hydrogen-bond acceptors (Lipinski definition) is 12. The molecule has 8 aromatic carbocycles. The molecule has 4 aliphatic heterocycles. The van der Waals surface area contributed by atoms with E-state index in [9.17, 15) is 20.4 Å². The molecule has 0 amide bonds. The minimum Gasteiger partial charge on any atom is -0.507 e. The van der Waals surface area contributed by atoms with Crippen molar-refractivity contribution in [1.82, 2.24) is 19.6 Å². The lowest BCUT2D eigenvalue weighted by molar-refractivity contribution is 0.0582. The fourth-order valence-electron chi connectivity index (χ4n) is 17.5. The quantitative estimate of drug-likeness (QED) is 0.0430. The summed E-state index contributed by atoms with van der Waals surface area (Å²) in [6.45, 7) is 29.3. The van der Waals surface area contributed by atoms with Gasteiger partial charge in [-0.3, -0.25) is 19.6 Å². The monoisotopic (exact) mass is 1400 g/mol. The van der Waals surface area contributed by atoms with E-state index in [2.05, 4.69) is 224 Å². The molecule has 13 rings (SSSR count). The summed E-state index contributed by atoms with van der Waals surface area (Å²) in [6, 6.07) is 44.0. The number of benzene rings is 8. The molecule has 8 bridgehead atoms. The first-order valence-corrected chi connectivity index (χ1v) is 39.7. The first-order valence-electron chi connectivity index (χ1n) is 39.7. The van der Waals surface area contributed by atoms with Crippen LogP contribution in [0.15, 0.2) is 121 Å². The molecule has 1 aliphatic carbocycles. The van der Waals surface area contributed by atoms with Gasteiger partial charge in [0.2, 0.25) is 0 Å². The molecule has 0 radical (unpaired) electrons. The van der Waals surface area contributed by atoms with Crippen molar-refractivity contribution in [2.45, 2.75) is 260 Å². The van der Waals surface area contributed by atoms with E-state index in [0.717, 1.165) is 144 Å². The number of ether oxygens (including phenoxy) is 4. The highest BCUT2D eigenvalue weighted by molar-refractivity contribution is 5.69. The molecule has 5 aliphatic rings. The van der Waals surface area contributed by atoms with Crippen LogP contribution < -0.4 is 18.9 Å². The summed E-state index contributed by atoms with van der Waals surface area (Å²) in [5.74, 6) is 1.80. The van der Waals surface area contributed by atoms with Crippen LogP contribution in [0.2, 0.25) is 0 Å². The van der Waals surface area contributed by atoms with Gasteiger partial charge in [0.25, 0.3) is 0 Å². The van der Waals surface area contributed by atoms with Crippen LogP contribution in [0.25, 0.3) is 0 Å². The molecule has 12 nitrogen and oxygen atoms in total. The fraction of sp³-hybridized carbons (Fsp3) is 0.478. The highest BCUT2D eigenvalue weighted by Crippen LogP contribution is 2.59. The van der Waals surface area contributed by atoms with Gasteiger partial charge in [0, 0.05) is 119 Å². The van der Waals surface area contributed by atoms with Gasteiger partial charge in [-0.1, -0.05) is 224 Å². The lowest BCUT2D eigenvalue weighted by Gasteiger charge is -2.40. The minimum atomic E-state index is -0.427. The first kappa shape index (κ1) is 74.3. The zero-order valence-electron chi connectivity index (χ0n) is 64.3. The molecule has 552 valence electrons. The maximum atomic E-state index is 14.0. The molecular weight excluding hydrogens is 1290 g/mol. The molecular formula is C92H116N4O8. The van der Waals surface area contributed by atoms with E-state index in [-0.39, 0.29) is 47.2 Å². The zero-order chi connectivity index (χ0) is 73.0. The van der Waals surface area contributed by atoms with Crippen LogP contribution in [-0.4, -0.2) is 66.9 Å². The number of phenolic OH excluding ortho intramolecular Hbond substituents is 4. The molecule has 8 atom stereocenters. The summed E-state index contributed by atoms with van der Waals surface area (Å²) >= 11 is 0. The second-order valence-corrected chi connectivity index (χ2v) is 31.5. The van der Waals surface area contributed by atoms with Crippen molar-refractivity contribution in [3.63, 3.8) is 0 Å². The van der Waals surface area contributed by atoms with Gasteiger partial charge in [0.1, 0.15) is 72.9 Å². The third kappa shape index (κ3) is 15.1. The molecule has 4 heterocycles. The van der Waals surface area contributed by atoms with Gasteiger partial charge in [-0.05, 0) is 128 Å². The van der Waals surface area contributed by atoms with Crippen molar-refractivity contribution in [2.75, 3.05) is 26.9 Å². The smallest absolute Gasteiger partial charge is 0.142 e. The van der Waals surface area contributed by atoms with Crippen LogP contribution in [0.4, 0.5) is 0 Å². The molecule has 12 heteroatoms. The first-order chi connectivity index (χ1) is 50.4. The van der Waals surface area contributed by atoms with E-state index < -0.39 is 23.7 Å². The largest absolute Gasteiger partial charge is 0.507 e. The van der Waals surface area contributed by atoms with Crippen LogP contribution in [0.3, 0.4) is 0 Å². The lowest BCUT2D eigenvalue weighted by atomic mass is 9.74. The average molecular weight is 1410 g/mol. The number of nitrogens with zero attached hydrogens (tertiary/aromatic N) is 4. The van der Waals surface area contributed by atoms with Gasteiger partial charge in [0.05, 0.1) is 22.3 Å². The van der Waals surface area contributed by atoms with E-state index >= 15 is 0 Å². The Balaban J connectivity index is 1.14. The minimum absolute atomic E-state index is 0.0541. The van der Waals surface area contributed by atoms with E-state index in [4.69, 9.17) is 18.9 Å². The third-order valence-corrected chi connectivity index (χ3v) is 24.4. The molecule has 0 fully saturated rings. The van der Waals surface area contributed by atoms with Crippen LogP contribution in [0.1, 0.15) is 317 Å². The Labute approximate surface area is 621 Å². The zero-order valence-corrected chi connectivity index (χ0v) is 64.3. The molecule has 0 spiro atoms. The number of aromatic hydroxyl groups is 4. The van der Waals surface area contributed by atoms with E-state index in [1.165, 1.54) is 44.5 Å². The Morgan fingerprint density at radius 3 is 0.673 bits per heavy atom.